The molecule has 0 spiro atoms. The van der Waals surface area contributed by atoms with E-state index in [4.69, 9.17) is 11.1 Å². The molecule has 0 amide bonds. The fourth-order valence-corrected chi connectivity index (χ4v) is 5.18. The zero-order valence-corrected chi connectivity index (χ0v) is 13.2. The molecular weight excluding hydrogens is 384 g/mol. The van der Waals surface area contributed by atoms with E-state index in [9.17, 15) is 4.39 Å². The molecule has 21 heavy (non-hydrogen) atoms. The van der Waals surface area contributed by atoms with E-state index in [0.29, 0.717) is 3.92 Å². The van der Waals surface area contributed by atoms with E-state index in [2.05, 4.69) is 32.0 Å². The van der Waals surface area contributed by atoms with Crippen LogP contribution in [0.4, 0.5) is 4.39 Å². The van der Waals surface area contributed by atoms with Crippen LogP contribution in [-0.2, 0) is 0 Å². The van der Waals surface area contributed by atoms with Gasteiger partial charge in [-0.15, -0.1) is 20.7 Å². The standard InChI is InChI=1S/C14H15FIN5/c15-9-5-3-8(4-6-9)12-10-2-1-7-16-11(10)13(21-20-12)19-14(17)18/h1-7,10-11,13,21H,(H4,17,18,19). The summed E-state index contributed by atoms with van der Waals surface area (Å²) in [6, 6.07) is 6.38. The minimum atomic E-state index is -0.254. The second-order valence-corrected chi connectivity index (χ2v) is 7.65. The first-order chi connectivity index (χ1) is 10.1. The topological polar surface area (TPSA) is 86.3 Å². The van der Waals surface area contributed by atoms with Crippen molar-refractivity contribution in [1.29, 1.82) is 5.41 Å². The fraction of sp³-hybridized carbons (Fsp3) is 0.214. The van der Waals surface area contributed by atoms with Crippen molar-refractivity contribution in [2.75, 3.05) is 0 Å². The van der Waals surface area contributed by atoms with Gasteiger partial charge in [0.25, 0.3) is 0 Å². The van der Waals surface area contributed by atoms with Gasteiger partial charge in [0.1, 0.15) is 12.0 Å². The van der Waals surface area contributed by atoms with E-state index in [1.54, 1.807) is 12.1 Å². The number of halogens is 2. The number of hydrazone groups is 1. The summed E-state index contributed by atoms with van der Waals surface area (Å²) in [5.74, 6) is -0.160. The van der Waals surface area contributed by atoms with Crippen LogP contribution in [0.25, 0.3) is 0 Å². The minimum absolute atomic E-state index is 0.0646. The molecule has 7 heteroatoms. The van der Waals surface area contributed by atoms with Crippen LogP contribution in [0.5, 0.6) is 0 Å². The Balaban J connectivity index is 1.93. The summed E-state index contributed by atoms with van der Waals surface area (Å²) in [6.45, 7) is 0. The third kappa shape index (κ3) is 2.97. The first-order valence-corrected chi connectivity index (χ1v) is 8.96. The number of allylic oxidation sites excluding steroid dienone is 2. The normalized spacial score (nSPS) is 26.9. The number of nitrogens with two attached hydrogens (primary N) is 1. The summed E-state index contributed by atoms with van der Waals surface area (Å²) >= 11 is -0.188. The second kappa shape index (κ2) is 5.92. The zero-order chi connectivity index (χ0) is 14.8. The van der Waals surface area contributed by atoms with Crippen LogP contribution in [0.2, 0.25) is 0 Å². The number of hydrogen-bond acceptors (Lipinski definition) is 3. The molecule has 0 saturated heterocycles. The molecule has 0 radical (unpaired) electrons. The first kappa shape index (κ1) is 14.2. The smallest absolute Gasteiger partial charge is 0.187 e. The van der Waals surface area contributed by atoms with E-state index in [1.165, 1.54) is 12.1 Å². The Kier molecular flexibility index (Phi) is 4.00. The highest BCUT2D eigenvalue weighted by Gasteiger charge is 2.35. The summed E-state index contributed by atoms with van der Waals surface area (Å²) in [6.07, 6.45) is 4.06. The van der Waals surface area contributed by atoms with Crippen LogP contribution in [0.1, 0.15) is 5.56 Å². The van der Waals surface area contributed by atoms with Crippen molar-refractivity contribution >= 4 is 36.4 Å². The Morgan fingerprint density at radius 1 is 1.38 bits per heavy atom. The molecule has 0 fully saturated rings. The van der Waals surface area contributed by atoms with E-state index in [1.807, 2.05) is 0 Å². The highest BCUT2D eigenvalue weighted by Crippen LogP contribution is 2.31. The van der Waals surface area contributed by atoms with Crippen LogP contribution >= 0.6 is 20.7 Å². The maximum Gasteiger partial charge on any atom is 0.187 e. The van der Waals surface area contributed by atoms with Crippen molar-refractivity contribution < 1.29 is 4.39 Å². The van der Waals surface area contributed by atoms with Crippen molar-refractivity contribution in [2.45, 2.75) is 10.1 Å². The van der Waals surface area contributed by atoms with Crippen molar-refractivity contribution in [2.24, 2.45) is 16.8 Å². The molecule has 2 heterocycles. The number of fused-ring (bicyclic) bond motifs is 1. The van der Waals surface area contributed by atoms with E-state index in [-0.39, 0.29) is 44.6 Å². The average molecular weight is 399 g/mol. The lowest BCUT2D eigenvalue weighted by molar-refractivity contribution is 0.447. The van der Waals surface area contributed by atoms with Gasteiger partial charge in [0, 0.05) is 5.92 Å². The summed E-state index contributed by atoms with van der Waals surface area (Å²) < 4.78 is 15.6. The zero-order valence-electron chi connectivity index (χ0n) is 11.1. The van der Waals surface area contributed by atoms with Gasteiger partial charge in [0.2, 0.25) is 0 Å². The Morgan fingerprint density at radius 3 is 2.86 bits per heavy atom. The van der Waals surface area contributed by atoms with Gasteiger partial charge in [-0.2, -0.15) is 5.10 Å². The highest BCUT2D eigenvalue weighted by molar-refractivity contribution is 14.2. The number of nitrogens with one attached hydrogen (secondary N) is 3. The molecule has 0 bridgehead atoms. The Morgan fingerprint density at radius 2 is 2.14 bits per heavy atom. The van der Waals surface area contributed by atoms with Crippen LogP contribution in [0, 0.1) is 17.1 Å². The van der Waals surface area contributed by atoms with Gasteiger partial charge >= 0.3 is 0 Å². The first-order valence-electron chi connectivity index (χ1n) is 6.47. The molecule has 0 saturated carbocycles. The van der Waals surface area contributed by atoms with Crippen LogP contribution < -0.4 is 16.5 Å². The maximum atomic E-state index is 13.1. The Bertz CT molecular complexity index is 637. The van der Waals surface area contributed by atoms with Gasteiger partial charge < -0.3 is 11.1 Å². The maximum absolute atomic E-state index is 13.1. The molecule has 3 atom stereocenters. The second-order valence-electron chi connectivity index (χ2n) is 4.78. The number of nitrogens with zero attached hydrogens (tertiary/aromatic N) is 1. The monoisotopic (exact) mass is 399 g/mol. The van der Waals surface area contributed by atoms with Crippen molar-refractivity contribution in [3.63, 3.8) is 0 Å². The molecule has 0 aliphatic carbocycles. The van der Waals surface area contributed by atoms with Crippen molar-refractivity contribution in [3.8, 4) is 0 Å². The molecule has 110 valence electrons. The lowest BCUT2D eigenvalue weighted by Gasteiger charge is -2.36. The number of guanidine groups is 1. The van der Waals surface area contributed by atoms with Gasteiger partial charge in [0.15, 0.2) is 5.96 Å². The lowest BCUT2D eigenvalue weighted by atomic mass is 9.91. The summed E-state index contributed by atoms with van der Waals surface area (Å²) in [4.78, 5) is 0. The third-order valence-corrected chi connectivity index (χ3v) is 6.52. The molecule has 2 aliphatic heterocycles. The third-order valence-electron chi connectivity index (χ3n) is 3.36. The molecule has 1 aromatic rings. The summed E-state index contributed by atoms with van der Waals surface area (Å²) in [7, 11) is 0. The average Bonchev–Trinajstić information content (AvgIpc) is 2.48. The quantitative estimate of drug-likeness (QED) is 0.262. The molecular formula is C14H15FIN5. The van der Waals surface area contributed by atoms with E-state index < -0.39 is 0 Å². The summed E-state index contributed by atoms with van der Waals surface area (Å²) in [5.41, 5.74) is 10.3. The van der Waals surface area contributed by atoms with Crippen LogP contribution in [-0.4, -0.2) is 25.8 Å². The fourth-order valence-electron chi connectivity index (χ4n) is 2.44. The van der Waals surface area contributed by atoms with Crippen molar-refractivity contribution in [1.82, 2.24) is 10.7 Å². The lowest BCUT2D eigenvalue weighted by Crippen LogP contribution is -2.57. The molecule has 3 rings (SSSR count). The SMILES string of the molecule is N=C(N)NC1NN=C(c2ccc(F)cc2)C2C=CC=IC12. The Labute approximate surface area is 131 Å². The molecule has 5 N–H and O–H groups in total. The number of alkyl halides is 1. The number of hydrogen-bond donors (Lipinski definition) is 4. The molecule has 0 aromatic heterocycles. The van der Waals surface area contributed by atoms with Gasteiger partial charge in [0.05, 0.1) is 9.64 Å². The van der Waals surface area contributed by atoms with E-state index in [0.717, 1.165) is 11.3 Å². The molecule has 2 aliphatic rings. The van der Waals surface area contributed by atoms with E-state index >= 15 is 0 Å². The number of rotatable bonds is 2. The predicted molar refractivity (Wildman–Crippen MR) is 91.4 cm³/mol. The van der Waals surface area contributed by atoms with Crippen LogP contribution in [0.3, 0.4) is 0 Å². The van der Waals surface area contributed by atoms with Gasteiger partial charge in [-0.25, -0.2) is 4.39 Å². The Hall–Kier alpha value is -1.77. The molecule has 1 aromatic carbocycles. The molecule has 5 nitrogen and oxygen atoms in total. The largest absolute Gasteiger partial charge is 0.370 e. The van der Waals surface area contributed by atoms with Gasteiger partial charge in [-0.05, 0) is 21.7 Å². The van der Waals surface area contributed by atoms with Gasteiger partial charge in [-0.1, -0.05) is 24.3 Å². The van der Waals surface area contributed by atoms with Crippen LogP contribution in [0.15, 0.2) is 41.5 Å². The summed E-state index contributed by atoms with van der Waals surface area (Å²) in [5, 5.41) is 14.7. The predicted octanol–water partition coefficient (Wildman–Crippen LogP) is 1.27. The number of benzene rings is 1. The highest BCUT2D eigenvalue weighted by atomic mass is 127. The molecule has 3 unspecified atom stereocenters. The van der Waals surface area contributed by atoms with Crippen molar-refractivity contribution in [3.05, 3.63) is 47.8 Å². The van der Waals surface area contributed by atoms with Gasteiger partial charge in [-0.3, -0.25) is 10.8 Å². The minimum Gasteiger partial charge on any atom is -0.370 e.